The van der Waals surface area contributed by atoms with Crippen molar-refractivity contribution in [3.63, 3.8) is 0 Å². The van der Waals surface area contributed by atoms with E-state index in [9.17, 15) is 28.6 Å². The lowest BCUT2D eigenvalue weighted by molar-refractivity contribution is -0.195. The predicted molar refractivity (Wildman–Crippen MR) is 64.3 cm³/mol. The number of halogens is 3. The van der Waals surface area contributed by atoms with Crippen molar-refractivity contribution in [2.45, 2.75) is 30.5 Å². The van der Waals surface area contributed by atoms with Gasteiger partial charge in [0.05, 0.1) is 6.61 Å². The quantitative estimate of drug-likeness (QED) is 0.532. The van der Waals surface area contributed by atoms with E-state index in [-0.39, 0.29) is 0 Å². The maximum atomic E-state index is 13.0. The van der Waals surface area contributed by atoms with Gasteiger partial charge in [0, 0.05) is 6.20 Å². The second kappa shape index (κ2) is 5.46. The van der Waals surface area contributed by atoms with Crippen LogP contribution in [0.4, 0.5) is 8.78 Å². The van der Waals surface area contributed by atoms with Crippen molar-refractivity contribution in [2.24, 2.45) is 0 Å². The van der Waals surface area contributed by atoms with E-state index in [0.29, 0.717) is 4.57 Å². The third-order valence-electron chi connectivity index (χ3n) is 3.27. The van der Waals surface area contributed by atoms with Crippen molar-refractivity contribution in [1.29, 1.82) is 0 Å². The fourth-order valence-corrected chi connectivity index (χ4v) is 2.21. The lowest BCUT2D eigenvalue weighted by atomic mass is 9.96. The summed E-state index contributed by atoms with van der Waals surface area (Å²) in [5.74, 6) is 0. The molecular weight excluding hydrogens is 318 g/mol. The average Bonchev–Trinajstić information content (AvgIpc) is 2.68. The number of alkyl halides is 2. The third kappa shape index (κ3) is 2.38. The topological polar surface area (TPSA) is 125 Å². The molecule has 11 heteroatoms. The highest BCUT2D eigenvalue weighted by atomic mass is 35.5. The summed E-state index contributed by atoms with van der Waals surface area (Å²) in [6, 6.07) is 0. The normalized spacial score (nSPS) is 32.8. The van der Waals surface area contributed by atoms with Crippen LogP contribution in [0.25, 0.3) is 0 Å². The monoisotopic (exact) mass is 328 g/mol. The van der Waals surface area contributed by atoms with Gasteiger partial charge in [-0.1, -0.05) is 11.6 Å². The Bertz CT molecular complexity index is 649. The minimum atomic E-state index is -3.33. The maximum Gasteiger partial charge on any atom is 0.330 e. The van der Waals surface area contributed by atoms with Crippen molar-refractivity contribution in [3.05, 3.63) is 32.1 Å². The van der Waals surface area contributed by atoms with Gasteiger partial charge in [-0.3, -0.25) is 14.3 Å². The van der Waals surface area contributed by atoms with Crippen LogP contribution in [0.2, 0.25) is 5.02 Å². The van der Waals surface area contributed by atoms with Crippen LogP contribution in [0.5, 0.6) is 0 Å². The molecule has 0 amide bonds. The van der Waals surface area contributed by atoms with Gasteiger partial charge in [0.25, 0.3) is 12.0 Å². The van der Waals surface area contributed by atoms with Gasteiger partial charge < -0.3 is 20.1 Å². The molecule has 21 heavy (non-hydrogen) atoms. The fraction of sp³-hybridized carbons (Fsp3) is 0.600. The number of ether oxygens (including phenoxy) is 1. The Kier molecular flexibility index (Phi) is 4.17. The van der Waals surface area contributed by atoms with Gasteiger partial charge in [0.2, 0.25) is 0 Å². The molecule has 2 heterocycles. The van der Waals surface area contributed by atoms with Crippen LogP contribution in [0.1, 0.15) is 6.23 Å². The number of hydrogen-bond acceptors (Lipinski definition) is 6. The maximum absolute atomic E-state index is 13.0. The third-order valence-corrected chi connectivity index (χ3v) is 3.54. The summed E-state index contributed by atoms with van der Waals surface area (Å²) in [4.78, 5) is 24.5. The zero-order chi connectivity index (χ0) is 15.9. The van der Waals surface area contributed by atoms with Gasteiger partial charge in [-0.15, -0.1) is 0 Å². The van der Waals surface area contributed by atoms with E-state index in [0.717, 1.165) is 6.20 Å². The van der Waals surface area contributed by atoms with E-state index in [1.165, 1.54) is 0 Å². The van der Waals surface area contributed by atoms with Gasteiger partial charge >= 0.3 is 5.69 Å². The van der Waals surface area contributed by atoms with Crippen LogP contribution in [-0.4, -0.2) is 55.7 Å². The Labute approximate surface area is 120 Å². The second-order valence-electron chi connectivity index (χ2n) is 4.50. The van der Waals surface area contributed by atoms with E-state index in [4.69, 9.17) is 21.4 Å². The molecule has 1 aromatic heterocycles. The summed E-state index contributed by atoms with van der Waals surface area (Å²) in [5.41, 5.74) is -4.73. The molecule has 118 valence electrons. The molecule has 0 unspecified atom stereocenters. The first-order valence-corrected chi connectivity index (χ1v) is 6.06. The lowest BCUT2D eigenvalue weighted by Crippen LogP contribution is -2.52. The molecule has 1 aromatic rings. The van der Waals surface area contributed by atoms with Crippen LogP contribution in [0.3, 0.4) is 0 Å². The number of aromatic amines is 1. The molecule has 4 atom stereocenters. The number of hydrogen-bond donors (Lipinski definition) is 4. The molecule has 0 aromatic carbocycles. The number of aliphatic hydroxyl groups is 3. The Morgan fingerprint density at radius 3 is 2.57 bits per heavy atom. The summed E-state index contributed by atoms with van der Waals surface area (Å²) in [6.45, 7) is -1.29. The number of H-pyrrole nitrogens is 1. The first-order valence-electron chi connectivity index (χ1n) is 5.68. The van der Waals surface area contributed by atoms with Crippen LogP contribution in [0, 0.1) is 0 Å². The number of aliphatic hydroxyl groups excluding tert-OH is 3. The first kappa shape index (κ1) is 16.0. The zero-order valence-electron chi connectivity index (χ0n) is 10.2. The molecule has 1 fully saturated rings. The molecular formula is C10H11ClF2N2O6. The number of rotatable bonds is 3. The number of aromatic nitrogens is 2. The lowest BCUT2D eigenvalue weighted by Gasteiger charge is -2.28. The summed E-state index contributed by atoms with van der Waals surface area (Å²) < 4.78 is 31.4. The van der Waals surface area contributed by atoms with Gasteiger partial charge in [-0.25, -0.2) is 13.6 Å². The fourth-order valence-electron chi connectivity index (χ4n) is 2.06. The highest BCUT2D eigenvalue weighted by Gasteiger charge is 2.60. The minimum absolute atomic E-state index is 0.446. The molecule has 1 aliphatic heterocycles. The summed E-state index contributed by atoms with van der Waals surface area (Å²) >= 11 is 5.52. The average molecular weight is 329 g/mol. The van der Waals surface area contributed by atoms with Crippen LogP contribution in [0.15, 0.2) is 15.8 Å². The van der Waals surface area contributed by atoms with Crippen molar-refractivity contribution >= 4 is 11.6 Å². The molecule has 1 saturated heterocycles. The van der Waals surface area contributed by atoms with Gasteiger partial charge in [0.1, 0.15) is 17.2 Å². The molecule has 2 rings (SSSR count). The molecule has 0 aliphatic carbocycles. The van der Waals surface area contributed by atoms with Crippen LogP contribution < -0.4 is 11.2 Å². The van der Waals surface area contributed by atoms with Crippen LogP contribution >= 0.6 is 11.6 Å². The van der Waals surface area contributed by atoms with Crippen molar-refractivity contribution in [2.75, 3.05) is 6.61 Å². The number of nitrogens with zero attached hydrogens (tertiary/aromatic N) is 1. The molecule has 0 saturated carbocycles. The predicted octanol–water partition coefficient (Wildman–Crippen LogP) is -1.56. The van der Waals surface area contributed by atoms with E-state index >= 15 is 0 Å². The SMILES string of the molecule is O=c1[nH]c(=O)n([C@@H]2O[C@@](CO)(C(F)F)[C@@H](O)[C@@H]2O)cc1Cl. The van der Waals surface area contributed by atoms with Crippen molar-refractivity contribution < 1.29 is 28.8 Å². The highest BCUT2D eigenvalue weighted by Crippen LogP contribution is 2.40. The first-order chi connectivity index (χ1) is 9.74. The second-order valence-corrected chi connectivity index (χ2v) is 4.91. The molecule has 0 radical (unpaired) electrons. The molecule has 8 nitrogen and oxygen atoms in total. The van der Waals surface area contributed by atoms with Crippen molar-refractivity contribution in [3.8, 4) is 0 Å². The van der Waals surface area contributed by atoms with Gasteiger partial charge in [-0.2, -0.15) is 0 Å². The van der Waals surface area contributed by atoms with E-state index < -0.39 is 53.3 Å². The number of nitrogens with one attached hydrogen (secondary N) is 1. The standard InChI is InChI=1S/C10H11ClF2N2O6/c11-3-1-15(9(20)14-6(3)19)7-4(17)5(18)10(2-16,21-7)8(12)13/h1,4-5,7-8,16-18H,2H2,(H,14,19,20)/t4-,5-,7+,10+/m0/s1. The van der Waals surface area contributed by atoms with E-state index in [1.54, 1.807) is 4.98 Å². The van der Waals surface area contributed by atoms with E-state index in [1.807, 2.05) is 0 Å². The molecule has 4 N–H and O–H groups in total. The zero-order valence-corrected chi connectivity index (χ0v) is 11.0. The van der Waals surface area contributed by atoms with Gasteiger partial charge in [-0.05, 0) is 0 Å². The Morgan fingerprint density at radius 1 is 1.48 bits per heavy atom. The minimum Gasteiger partial charge on any atom is -0.393 e. The smallest absolute Gasteiger partial charge is 0.330 e. The molecule has 1 aliphatic rings. The summed E-state index contributed by atoms with van der Waals surface area (Å²) in [7, 11) is 0. The van der Waals surface area contributed by atoms with Crippen LogP contribution in [-0.2, 0) is 4.74 Å². The molecule has 0 bridgehead atoms. The van der Waals surface area contributed by atoms with Crippen molar-refractivity contribution in [1.82, 2.24) is 9.55 Å². The Balaban J connectivity index is 2.50. The molecule has 0 spiro atoms. The summed E-state index contributed by atoms with van der Waals surface area (Å²) in [6.07, 6.45) is -8.38. The van der Waals surface area contributed by atoms with E-state index in [2.05, 4.69) is 0 Å². The Hall–Kier alpha value is -1.33. The Morgan fingerprint density at radius 2 is 2.10 bits per heavy atom. The largest absolute Gasteiger partial charge is 0.393 e. The van der Waals surface area contributed by atoms with Gasteiger partial charge in [0.15, 0.2) is 11.8 Å². The highest BCUT2D eigenvalue weighted by molar-refractivity contribution is 6.30. The summed E-state index contributed by atoms with van der Waals surface area (Å²) in [5, 5.41) is 28.1.